The van der Waals surface area contributed by atoms with Crippen LogP contribution in [0.1, 0.15) is 30.5 Å². The molecule has 16 heavy (non-hydrogen) atoms. The van der Waals surface area contributed by atoms with Gasteiger partial charge in [0.25, 0.3) is 0 Å². The van der Waals surface area contributed by atoms with Gasteiger partial charge >= 0.3 is 5.97 Å². The Morgan fingerprint density at radius 2 is 2.56 bits per heavy atom. The molecule has 0 bridgehead atoms. The van der Waals surface area contributed by atoms with Gasteiger partial charge in [0.1, 0.15) is 6.04 Å². The highest BCUT2D eigenvalue weighted by molar-refractivity contribution is 7.09. The molecule has 0 amide bonds. The Hall–Kier alpha value is -0.940. The fraction of sp³-hybridized carbons (Fsp3) is 0.636. The van der Waals surface area contributed by atoms with Crippen molar-refractivity contribution in [3.05, 3.63) is 16.1 Å². The first-order valence-corrected chi connectivity index (χ1v) is 6.48. The van der Waals surface area contributed by atoms with E-state index in [1.807, 2.05) is 10.3 Å². The summed E-state index contributed by atoms with van der Waals surface area (Å²) < 4.78 is 0. The molecule has 1 aromatic heterocycles. The van der Waals surface area contributed by atoms with E-state index in [0.29, 0.717) is 6.54 Å². The number of carbonyl (C=O) groups is 1. The average molecular weight is 240 g/mol. The van der Waals surface area contributed by atoms with Crippen molar-refractivity contribution in [3.8, 4) is 0 Å². The van der Waals surface area contributed by atoms with Crippen LogP contribution in [0.25, 0.3) is 0 Å². The van der Waals surface area contributed by atoms with E-state index in [-0.39, 0.29) is 6.04 Å². The molecular formula is C11H16N2O2S. The fourth-order valence-electron chi connectivity index (χ4n) is 2.09. The van der Waals surface area contributed by atoms with Crippen LogP contribution in [-0.4, -0.2) is 33.5 Å². The lowest BCUT2D eigenvalue weighted by atomic mass is 10.2. The summed E-state index contributed by atoms with van der Waals surface area (Å²) in [6, 6.07) is -0.313. The van der Waals surface area contributed by atoms with Gasteiger partial charge in [0.15, 0.2) is 0 Å². The highest BCUT2D eigenvalue weighted by Gasteiger charge is 2.30. The van der Waals surface area contributed by atoms with Gasteiger partial charge < -0.3 is 5.11 Å². The number of aliphatic carboxylic acids is 1. The lowest BCUT2D eigenvalue weighted by Gasteiger charge is -2.19. The van der Waals surface area contributed by atoms with Crippen LogP contribution in [0.3, 0.4) is 0 Å². The molecule has 2 rings (SSSR count). The third kappa shape index (κ3) is 2.41. The van der Waals surface area contributed by atoms with Crippen LogP contribution in [0.2, 0.25) is 0 Å². The second-order valence-electron chi connectivity index (χ2n) is 4.05. The van der Waals surface area contributed by atoms with E-state index in [9.17, 15) is 4.79 Å². The van der Waals surface area contributed by atoms with Gasteiger partial charge in [-0.1, -0.05) is 6.92 Å². The van der Waals surface area contributed by atoms with Crippen molar-refractivity contribution < 1.29 is 9.90 Å². The number of hydrogen-bond acceptors (Lipinski definition) is 4. The second-order valence-corrected chi connectivity index (χ2v) is 5.00. The number of carboxylic acid groups (broad SMARTS) is 1. The fourth-order valence-corrected chi connectivity index (χ4v) is 2.82. The van der Waals surface area contributed by atoms with E-state index in [0.717, 1.165) is 36.5 Å². The van der Waals surface area contributed by atoms with Crippen LogP contribution < -0.4 is 0 Å². The van der Waals surface area contributed by atoms with Crippen LogP contribution in [0.15, 0.2) is 5.38 Å². The Kier molecular flexibility index (Phi) is 3.56. The molecule has 88 valence electrons. The monoisotopic (exact) mass is 240 g/mol. The van der Waals surface area contributed by atoms with Crippen LogP contribution in [0, 0.1) is 0 Å². The number of nitrogens with zero attached hydrogens (tertiary/aromatic N) is 2. The zero-order chi connectivity index (χ0) is 11.5. The van der Waals surface area contributed by atoms with E-state index >= 15 is 0 Å². The molecule has 1 aliphatic rings. The largest absolute Gasteiger partial charge is 0.480 e. The maximum atomic E-state index is 11.0. The van der Waals surface area contributed by atoms with Gasteiger partial charge in [0, 0.05) is 11.9 Å². The maximum Gasteiger partial charge on any atom is 0.320 e. The summed E-state index contributed by atoms with van der Waals surface area (Å²) in [6.07, 6.45) is 2.69. The van der Waals surface area contributed by atoms with Crippen molar-refractivity contribution in [2.24, 2.45) is 0 Å². The van der Waals surface area contributed by atoms with Gasteiger partial charge in [0.05, 0.1) is 10.7 Å². The molecule has 1 aliphatic heterocycles. The van der Waals surface area contributed by atoms with E-state index < -0.39 is 5.97 Å². The normalized spacial score (nSPS) is 21.4. The standard InChI is InChI=1S/C11H16N2O2S/c1-2-10-12-8(7-16-10)6-13-5-3-4-9(13)11(14)15/h7,9H,2-6H2,1H3,(H,14,15). The summed E-state index contributed by atoms with van der Waals surface area (Å²) in [5.74, 6) is -0.705. The summed E-state index contributed by atoms with van der Waals surface area (Å²) in [4.78, 5) is 17.5. The molecule has 0 radical (unpaired) electrons. The number of hydrogen-bond donors (Lipinski definition) is 1. The Bertz CT molecular complexity index is 378. The Morgan fingerprint density at radius 1 is 1.75 bits per heavy atom. The highest BCUT2D eigenvalue weighted by Crippen LogP contribution is 2.21. The summed E-state index contributed by atoms with van der Waals surface area (Å²) in [5, 5.41) is 12.2. The predicted molar refractivity (Wildman–Crippen MR) is 62.6 cm³/mol. The summed E-state index contributed by atoms with van der Waals surface area (Å²) in [6.45, 7) is 3.63. The highest BCUT2D eigenvalue weighted by atomic mass is 32.1. The molecule has 1 atom stereocenters. The van der Waals surface area contributed by atoms with Crippen molar-refractivity contribution in [2.75, 3.05) is 6.54 Å². The molecule has 2 heterocycles. The molecule has 1 unspecified atom stereocenters. The lowest BCUT2D eigenvalue weighted by molar-refractivity contribution is -0.142. The molecule has 5 heteroatoms. The van der Waals surface area contributed by atoms with Crippen LogP contribution in [0.4, 0.5) is 0 Å². The van der Waals surface area contributed by atoms with Gasteiger partial charge in [-0.15, -0.1) is 11.3 Å². The number of aryl methyl sites for hydroxylation is 1. The van der Waals surface area contributed by atoms with Crippen LogP contribution in [-0.2, 0) is 17.8 Å². The smallest absolute Gasteiger partial charge is 0.320 e. The number of likely N-dealkylation sites (tertiary alicyclic amines) is 1. The molecule has 1 aromatic rings. The number of carboxylic acids is 1. The Balaban J connectivity index is 2.00. The third-order valence-corrected chi connectivity index (χ3v) is 3.96. The third-order valence-electron chi connectivity index (χ3n) is 2.92. The van der Waals surface area contributed by atoms with Gasteiger partial charge in [-0.05, 0) is 25.8 Å². The molecule has 1 N–H and O–H groups in total. The molecule has 0 aliphatic carbocycles. The molecule has 1 saturated heterocycles. The molecule has 0 saturated carbocycles. The zero-order valence-electron chi connectivity index (χ0n) is 9.35. The summed E-state index contributed by atoms with van der Waals surface area (Å²) in [5.41, 5.74) is 1.01. The lowest BCUT2D eigenvalue weighted by Crippen LogP contribution is -2.35. The van der Waals surface area contributed by atoms with Crippen molar-refractivity contribution in [1.29, 1.82) is 0 Å². The first-order valence-electron chi connectivity index (χ1n) is 5.61. The molecule has 4 nitrogen and oxygen atoms in total. The first-order chi connectivity index (χ1) is 7.70. The topological polar surface area (TPSA) is 53.4 Å². The van der Waals surface area contributed by atoms with Crippen molar-refractivity contribution in [3.63, 3.8) is 0 Å². The SMILES string of the molecule is CCc1nc(CN2CCCC2C(=O)O)cs1. The molecule has 0 aromatic carbocycles. The molecule has 1 fully saturated rings. The minimum atomic E-state index is -0.705. The van der Waals surface area contributed by atoms with Crippen molar-refractivity contribution in [1.82, 2.24) is 9.88 Å². The van der Waals surface area contributed by atoms with E-state index in [1.54, 1.807) is 11.3 Å². The Morgan fingerprint density at radius 3 is 3.19 bits per heavy atom. The molecular weight excluding hydrogens is 224 g/mol. The van der Waals surface area contributed by atoms with Crippen molar-refractivity contribution >= 4 is 17.3 Å². The summed E-state index contributed by atoms with van der Waals surface area (Å²) in [7, 11) is 0. The van der Waals surface area contributed by atoms with Gasteiger partial charge in [0.2, 0.25) is 0 Å². The predicted octanol–water partition coefficient (Wildman–Crippen LogP) is 1.75. The zero-order valence-corrected chi connectivity index (χ0v) is 10.2. The number of thiazole rings is 1. The number of rotatable bonds is 4. The second kappa shape index (κ2) is 4.93. The van der Waals surface area contributed by atoms with Gasteiger partial charge in [-0.3, -0.25) is 9.69 Å². The van der Waals surface area contributed by atoms with Crippen molar-refractivity contribution in [2.45, 2.75) is 38.8 Å². The maximum absolute atomic E-state index is 11.0. The van der Waals surface area contributed by atoms with Gasteiger partial charge in [-0.25, -0.2) is 4.98 Å². The van der Waals surface area contributed by atoms with Crippen LogP contribution >= 0.6 is 11.3 Å². The quantitative estimate of drug-likeness (QED) is 0.871. The first kappa shape index (κ1) is 11.5. The Labute approximate surface area is 98.9 Å². The van der Waals surface area contributed by atoms with E-state index in [4.69, 9.17) is 5.11 Å². The number of aromatic nitrogens is 1. The minimum absolute atomic E-state index is 0.313. The van der Waals surface area contributed by atoms with Crippen LogP contribution in [0.5, 0.6) is 0 Å². The van der Waals surface area contributed by atoms with Gasteiger partial charge in [-0.2, -0.15) is 0 Å². The van der Waals surface area contributed by atoms with E-state index in [2.05, 4.69) is 11.9 Å². The average Bonchev–Trinajstić information content (AvgIpc) is 2.87. The van der Waals surface area contributed by atoms with E-state index in [1.165, 1.54) is 0 Å². The minimum Gasteiger partial charge on any atom is -0.480 e. The summed E-state index contributed by atoms with van der Waals surface area (Å²) >= 11 is 1.66. The molecule has 0 spiro atoms.